The molecule has 2 aromatic carbocycles. The molecule has 4 rings (SSSR count). The maximum atomic E-state index is 9.27. The van der Waals surface area contributed by atoms with Gasteiger partial charge in [-0.05, 0) is 67.2 Å². The molecule has 6 heteroatoms. The van der Waals surface area contributed by atoms with Gasteiger partial charge in [-0.3, -0.25) is 15.7 Å². The molecule has 1 aromatic heterocycles. The number of pyridine rings is 1. The number of aliphatic imine (C=N–C) groups is 1. The van der Waals surface area contributed by atoms with Gasteiger partial charge in [0.05, 0.1) is 11.1 Å². The fourth-order valence-corrected chi connectivity index (χ4v) is 4.00. The lowest BCUT2D eigenvalue weighted by Gasteiger charge is -2.22. The summed E-state index contributed by atoms with van der Waals surface area (Å²) in [6.07, 6.45) is 5.37. The van der Waals surface area contributed by atoms with Gasteiger partial charge in [-0.15, -0.1) is 0 Å². The van der Waals surface area contributed by atoms with Crippen molar-refractivity contribution in [1.29, 1.82) is 5.26 Å². The molecule has 1 unspecified atom stereocenters. The maximum Gasteiger partial charge on any atom is 0.155 e. The second-order valence-corrected chi connectivity index (χ2v) is 8.40. The highest BCUT2D eigenvalue weighted by atomic mass is 79.9. The second-order valence-electron chi connectivity index (χ2n) is 7.48. The van der Waals surface area contributed by atoms with Gasteiger partial charge in [0, 0.05) is 34.4 Å². The zero-order chi connectivity index (χ0) is 20.6. The zero-order valence-corrected chi connectivity index (χ0v) is 17.8. The van der Waals surface area contributed by atoms with Gasteiger partial charge in [-0.1, -0.05) is 28.1 Å². The summed E-state index contributed by atoms with van der Waals surface area (Å²) in [4.78, 5) is 11.3. The maximum absolute atomic E-state index is 9.27. The lowest BCUT2D eigenvalue weighted by molar-refractivity contribution is 0.402. The average Bonchev–Trinajstić information content (AvgIpc) is 3.10. The van der Waals surface area contributed by atoms with Crippen molar-refractivity contribution in [3.63, 3.8) is 0 Å². The van der Waals surface area contributed by atoms with Gasteiger partial charge >= 0.3 is 0 Å². The molecule has 2 N–H and O–H groups in total. The molecular formula is C23H20BrN5. The van der Waals surface area contributed by atoms with Crippen LogP contribution in [0.5, 0.6) is 0 Å². The van der Waals surface area contributed by atoms with Gasteiger partial charge in [0.25, 0.3) is 0 Å². The molecule has 0 radical (unpaired) electrons. The quantitative estimate of drug-likeness (QED) is 0.652. The fraction of sp³-hybridized carbons (Fsp3) is 0.174. The van der Waals surface area contributed by atoms with E-state index in [2.05, 4.69) is 49.0 Å². The molecule has 5 nitrogen and oxygen atoms in total. The van der Waals surface area contributed by atoms with Gasteiger partial charge in [0.15, 0.2) is 5.66 Å². The Bertz CT molecular complexity index is 1210. The Balaban J connectivity index is 1.88. The van der Waals surface area contributed by atoms with Crippen molar-refractivity contribution in [2.24, 2.45) is 10.7 Å². The number of hydrogen-bond acceptors (Lipinski definition) is 5. The molecule has 1 aliphatic heterocycles. The number of nitrogens with two attached hydrogens (primary N) is 1. The molecule has 1 atom stereocenters. The van der Waals surface area contributed by atoms with E-state index in [-0.39, 0.29) is 0 Å². The molecule has 0 aliphatic carbocycles. The summed E-state index contributed by atoms with van der Waals surface area (Å²) in [5, 5.41) is 10.2. The normalized spacial score (nSPS) is 18.3. The minimum absolute atomic E-state index is 0.525. The summed E-state index contributed by atoms with van der Waals surface area (Å²) in [6.45, 7) is 0.752. The minimum atomic E-state index is -1.01. The third-order valence-corrected chi connectivity index (χ3v) is 5.35. The summed E-state index contributed by atoms with van der Waals surface area (Å²) < 4.78 is 1.00. The highest BCUT2D eigenvalue weighted by Gasteiger charge is 2.31. The van der Waals surface area contributed by atoms with Gasteiger partial charge in [-0.2, -0.15) is 5.26 Å². The first-order valence-electron chi connectivity index (χ1n) is 9.19. The van der Waals surface area contributed by atoms with E-state index < -0.39 is 5.66 Å². The lowest BCUT2D eigenvalue weighted by Crippen LogP contribution is -2.31. The van der Waals surface area contributed by atoms with Gasteiger partial charge in [0.1, 0.15) is 6.07 Å². The summed E-state index contributed by atoms with van der Waals surface area (Å²) in [7, 11) is 4.04. The lowest BCUT2D eigenvalue weighted by atomic mass is 9.93. The van der Waals surface area contributed by atoms with E-state index >= 15 is 0 Å². The predicted octanol–water partition coefficient (Wildman–Crippen LogP) is 4.21. The van der Waals surface area contributed by atoms with Gasteiger partial charge < -0.3 is 4.90 Å². The SMILES string of the molecule is CN(C)Cc1cc(C2(N)C=C(c3cccc(Br)c3)C=N2)c2ncc(C#N)cc2c1. The third kappa shape index (κ3) is 3.85. The van der Waals surface area contributed by atoms with Crippen LogP contribution in [0.2, 0.25) is 0 Å². The standard InChI is InChI=1S/C23H20BrN5/c1-29(2)14-15-6-18-7-16(11-25)12-27-22(18)21(8-15)23(26)10-19(13-28-23)17-4-3-5-20(24)9-17/h3-10,12-13H,14,26H2,1-2H3. The summed E-state index contributed by atoms with van der Waals surface area (Å²) in [6, 6.07) is 16.2. The Kier molecular flexibility index (Phi) is 5.05. The molecule has 144 valence electrons. The van der Waals surface area contributed by atoms with E-state index in [9.17, 15) is 5.26 Å². The Labute approximate surface area is 178 Å². The smallest absolute Gasteiger partial charge is 0.155 e. The van der Waals surface area contributed by atoms with Crippen molar-refractivity contribution in [2.75, 3.05) is 14.1 Å². The topological polar surface area (TPSA) is 78.3 Å². The molecule has 0 fully saturated rings. The van der Waals surface area contributed by atoms with Crippen LogP contribution in [-0.4, -0.2) is 30.2 Å². The highest BCUT2D eigenvalue weighted by Crippen LogP contribution is 2.36. The molecule has 0 saturated carbocycles. The van der Waals surface area contributed by atoms with Crippen LogP contribution in [0.1, 0.15) is 22.3 Å². The van der Waals surface area contributed by atoms with Crippen molar-refractivity contribution in [1.82, 2.24) is 9.88 Å². The van der Waals surface area contributed by atoms with Gasteiger partial charge in [-0.25, -0.2) is 0 Å². The Morgan fingerprint density at radius 1 is 1.21 bits per heavy atom. The molecule has 0 saturated heterocycles. The molecule has 2 heterocycles. The predicted molar refractivity (Wildman–Crippen MR) is 120 cm³/mol. The Hall–Kier alpha value is -2.85. The van der Waals surface area contributed by atoms with Crippen LogP contribution in [0.3, 0.4) is 0 Å². The Morgan fingerprint density at radius 2 is 2.03 bits per heavy atom. The molecule has 1 aliphatic rings. The zero-order valence-electron chi connectivity index (χ0n) is 16.2. The monoisotopic (exact) mass is 445 g/mol. The second kappa shape index (κ2) is 7.53. The summed E-state index contributed by atoms with van der Waals surface area (Å²) in [5.74, 6) is 0. The van der Waals surface area contributed by atoms with Crippen LogP contribution in [0.15, 0.2) is 64.2 Å². The van der Waals surface area contributed by atoms with Crippen molar-refractivity contribution in [2.45, 2.75) is 12.2 Å². The fourth-order valence-electron chi connectivity index (χ4n) is 3.60. The number of hydrogen-bond donors (Lipinski definition) is 1. The first-order chi connectivity index (χ1) is 13.9. The number of allylic oxidation sites excluding steroid dienone is 1. The van der Waals surface area contributed by atoms with E-state index in [1.54, 1.807) is 6.20 Å². The van der Waals surface area contributed by atoms with Crippen molar-refractivity contribution < 1.29 is 0 Å². The van der Waals surface area contributed by atoms with Crippen molar-refractivity contribution >= 4 is 38.6 Å². The van der Waals surface area contributed by atoms with Crippen molar-refractivity contribution in [3.8, 4) is 6.07 Å². The molecule has 0 bridgehead atoms. The molecule has 3 aromatic rings. The number of aromatic nitrogens is 1. The highest BCUT2D eigenvalue weighted by molar-refractivity contribution is 9.10. The van der Waals surface area contributed by atoms with E-state index in [1.807, 2.05) is 56.7 Å². The van der Waals surface area contributed by atoms with Crippen molar-refractivity contribution in [3.05, 3.63) is 81.5 Å². The number of nitrogens with zero attached hydrogens (tertiary/aromatic N) is 4. The van der Waals surface area contributed by atoms with Gasteiger partial charge in [0.2, 0.25) is 0 Å². The Morgan fingerprint density at radius 3 is 2.76 bits per heavy atom. The first kappa shape index (κ1) is 19.5. The van der Waals surface area contributed by atoms with Crippen LogP contribution in [-0.2, 0) is 12.2 Å². The minimum Gasteiger partial charge on any atom is -0.305 e. The van der Waals surface area contributed by atoms with E-state index in [4.69, 9.17) is 5.73 Å². The van der Waals surface area contributed by atoms with Crippen LogP contribution in [0.25, 0.3) is 16.5 Å². The largest absolute Gasteiger partial charge is 0.305 e. The number of benzene rings is 2. The average molecular weight is 446 g/mol. The first-order valence-corrected chi connectivity index (χ1v) is 9.98. The molecule has 29 heavy (non-hydrogen) atoms. The number of rotatable bonds is 4. The molecule has 0 amide bonds. The van der Waals surface area contributed by atoms with Crippen LogP contribution >= 0.6 is 15.9 Å². The van der Waals surface area contributed by atoms with E-state index in [1.165, 1.54) is 0 Å². The van der Waals surface area contributed by atoms with Crippen LogP contribution in [0.4, 0.5) is 0 Å². The van der Waals surface area contributed by atoms with E-state index in [0.29, 0.717) is 5.56 Å². The van der Waals surface area contributed by atoms with E-state index in [0.717, 1.165) is 44.2 Å². The number of fused-ring (bicyclic) bond motifs is 1. The number of nitriles is 1. The number of halogens is 1. The third-order valence-electron chi connectivity index (χ3n) is 4.85. The van der Waals surface area contributed by atoms with Crippen LogP contribution < -0.4 is 5.73 Å². The summed E-state index contributed by atoms with van der Waals surface area (Å²) >= 11 is 3.52. The molecule has 0 spiro atoms. The summed E-state index contributed by atoms with van der Waals surface area (Å²) in [5.41, 5.74) is 11.0. The molecular weight excluding hydrogens is 426 g/mol. The van der Waals surface area contributed by atoms with Crippen LogP contribution in [0, 0.1) is 11.3 Å².